The predicted molar refractivity (Wildman–Crippen MR) is 54.7 cm³/mol. The van der Waals surface area contributed by atoms with Gasteiger partial charge in [-0.05, 0) is 30.2 Å². The number of rotatable bonds is 2. The molecular formula is C11H11NO2. The summed E-state index contributed by atoms with van der Waals surface area (Å²) in [5.74, 6) is 0.226. The molecule has 0 saturated heterocycles. The number of benzene rings is 1. The van der Waals surface area contributed by atoms with E-state index >= 15 is 0 Å². The number of fused-ring (bicyclic) bond motifs is 1. The second kappa shape index (κ2) is 3.18. The van der Waals surface area contributed by atoms with Gasteiger partial charge in [-0.25, -0.2) is 0 Å². The van der Waals surface area contributed by atoms with Crippen molar-refractivity contribution >= 4 is 17.2 Å². The maximum atomic E-state index is 10.5. The Morgan fingerprint density at radius 1 is 1.43 bits per heavy atom. The van der Waals surface area contributed by atoms with Crippen LogP contribution in [0.2, 0.25) is 0 Å². The number of aromatic nitrogens is 1. The van der Waals surface area contributed by atoms with Crippen LogP contribution in [0.5, 0.6) is 5.75 Å². The number of aromatic amines is 1. The van der Waals surface area contributed by atoms with E-state index in [0.717, 1.165) is 23.8 Å². The summed E-state index contributed by atoms with van der Waals surface area (Å²) in [4.78, 5) is 13.5. The molecule has 1 aromatic heterocycles. The second-order valence-electron chi connectivity index (χ2n) is 3.27. The van der Waals surface area contributed by atoms with Crippen molar-refractivity contribution in [3.05, 3.63) is 29.5 Å². The molecule has 0 radical (unpaired) electrons. The van der Waals surface area contributed by atoms with E-state index in [4.69, 9.17) is 0 Å². The van der Waals surface area contributed by atoms with Crippen molar-refractivity contribution in [2.45, 2.75) is 13.3 Å². The highest BCUT2D eigenvalue weighted by Crippen LogP contribution is 2.26. The van der Waals surface area contributed by atoms with Gasteiger partial charge in [0.1, 0.15) is 5.75 Å². The normalized spacial score (nSPS) is 10.6. The fourth-order valence-electron chi connectivity index (χ4n) is 1.57. The smallest absolute Gasteiger partial charge is 0.166 e. The Morgan fingerprint density at radius 2 is 2.21 bits per heavy atom. The quantitative estimate of drug-likeness (QED) is 0.712. The Bertz CT molecular complexity index is 485. The first kappa shape index (κ1) is 8.81. The molecule has 0 unspecified atom stereocenters. The number of carbonyl (C=O) groups excluding carboxylic acids is 1. The molecule has 3 nitrogen and oxygen atoms in total. The average Bonchev–Trinajstić information content (AvgIpc) is 2.61. The summed E-state index contributed by atoms with van der Waals surface area (Å²) in [6.45, 7) is 2.02. The Morgan fingerprint density at radius 3 is 2.86 bits per heavy atom. The van der Waals surface area contributed by atoms with E-state index in [2.05, 4.69) is 4.98 Å². The maximum Gasteiger partial charge on any atom is 0.166 e. The first-order valence-corrected chi connectivity index (χ1v) is 4.54. The zero-order valence-corrected chi connectivity index (χ0v) is 7.87. The van der Waals surface area contributed by atoms with E-state index < -0.39 is 0 Å². The SMILES string of the molecule is CCc1cc(O)c2cc(C=O)[nH]c2c1. The lowest BCUT2D eigenvalue weighted by molar-refractivity contribution is 0.112. The highest BCUT2D eigenvalue weighted by molar-refractivity contribution is 5.92. The molecule has 2 N–H and O–H groups in total. The lowest BCUT2D eigenvalue weighted by Gasteiger charge is -1.99. The summed E-state index contributed by atoms with van der Waals surface area (Å²) in [6.07, 6.45) is 1.60. The molecule has 0 fully saturated rings. The molecular weight excluding hydrogens is 178 g/mol. The Hall–Kier alpha value is -1.77. The minimum atomic E-state index is 0.226. The molecule has 1 aromatic carbocycles. The molecule has 0 saturated carbocycles. The van der Waals surface area contributed by atoms with Crippen LogP contribution in [0.15, 0.2) is 18.2 Å². The number of aromatic hydroxyl groups is 1. The van der Waals surface area contributed by atoms with Gasteiger partial charge < -0.3 is 10.1 Å². The molecule has 2 aromatic rings. The van der Waals surface area contributed by atoms with E-state index in [1.165, 1.54) is 0 Å². The molecule has 0 spiro atoms. The lowest BCUT2D eigenvalue weighted by Crippen LogP contribution is -1.80. The first-order valence-electron chi connectivity index (χ1n) is 4.54. The van der Waals surface area contributed by atoms with Crippen LogP contribution >= 0.6 is 0 Å². The molecule has 0 atom stereocenters. The Kier molecular flexibility index (Phi) is 2.00. The van der Waals surface area contributed by atoms with Gasteiger partial charge in [0.05, 0.1) is 5.69 Å². The van der Waals surface area contributed by atoms with E-state index in [0.29, 0.717) is 11.1 Å². The zero-order valence-electron chi connectivity index (χ0n) is 7.87. The third-order valence-corrected chi connectivity index (χ3v) is 2.33. The average molecular weight is 189 g/mol. The second-order valence-corrected chi connectivity index (χ2v) is 3.27. The van der Waals surface area contributed by atoms with Crippen molar-refractivity contribution in [3.8, 4) is 5.75 Å². The topological polar surface area (TPSA) is 53.1 Å². The number of phenols is 1. The number of hydrogen-bond acceptors (Lipinski definition) is 2. The van der Waals surface area contributed by atoms with Crippen molar-refractivity contribution in [1.29, 1.82) is 0 Å². The van der Waals surface area contributed by atoms with Crippen LogP contribution in [0.1, 0.15) is 23.0 Å². The van der Waals surface area contributed by atoms with E-state index in [-0.39, 0.29) is 5.75 Å². The molecule has 2 rings (SSSR count). The van der Waals surface area contributed by atoms with Gasteiger partial charge in [-0.2, -0.15) is 0 Å². The van der Waals surface area contributed by atoms with Crippen LogP contribution in [0, 0.1) is 0 Å². The van der Waals surface area contributed by atoms with Gasteiger partial charge >= 0.3 is 0 Å². The van der Waals surface area contributed by atoms with Crippen LogP contribution in [-0.4, -0.2) is 16.4 Å². The summed E-state index contributed by atoms with van der Waals surface area (Å²) < 4.78 is 0. The fourth-order valence-corrected chi connectivity index (χ4v) is 1.57. The minimum absolute atomic E-state index is 0.226. The van der Waals surface area contributed by atoms with Gasteiger partial charge in [0.15, 0.2) is 6.29 Å². The summed E-state index contributed by atoms with van der Waals surface area (Å²) >= 11 is 0. The Balaban J connectivity index is 2.73. The van der Waals surface area contributed by atoms with E-state index in [1.807, 2.05) is 13.0 Å². The monoisotopic (exact) mass is 189 g/mol. The molecule has 3 heteroatoms. The first-order chi connectivity index (χ1) is 6.74. The molecule has 0 aliphatic rings. The third-order valence-electron chi connectivity index (χ3n) is 2.33. The Labute approximate surface area is 81.4 Å². The lowest BCUT2D eigenvalue weighted by atomic mass is 10.1. The molecule has 0 amide bonds. The number of H-pyrrole nitrogens is 1. The van der Waals surface area contributed by atoms with Crippen molar-refractivity contribution in [2.24, 2.45) is 0 Å². The van der Waals surface area contributed by atoms with Crippen LogP contribution in [0.3, 0.4) is 0 Å². The highest BCUT2D eigenvalue weighted by atomic mass is 16.3. The molecule has 72 valence electrons. The van der Waals surface area contributed by atoms with Gasteiger partial charge in [-0.1, -0.05) is 6.92 Å². The van der Waals surface area contributed by atoms with E-state index in [1.54, 1.807) is 12.1 Å². The third kappa shape index (κ3) is 1.27. The van der Waals surface area contributed by atoms with Gasteiger partial charge in [0.2, 0.25) is 0 Å². The van der Waals surface area contributed by atoms with E-state index in [9.17, 15) is 9.90 Å². The van der Waals surface area contributed by atoms with Gasteiger partial charge in [-0.15, -0.1) is 0 Å². The highest BCUT2D eigenvalue weighted by Gasteiger charge is 2.05. The molecule has 0 aliphatic heterocycles. The van der Waals surface area contributed by atoms with Crippen LogP contribution < -0.4 is 0 Å². The summed E-state index contributed by atoms with van der Waals surface area (Å²) in [5, 5.41) is 10.4. The van der Waals surface area contributed by atoms with Gasteiger partial charge in [0, 0.05) is 10.9 Å². The van der Waals surface area contributed by atoms with Crippen LogP contribution in [0.4, 0.5) is 0 Å². The van der Waals surface area contributed by atoms with Gasteiger partial charge in [-0.3, -0.25) is 4.79 Å². The number of carbonyl (C=O) groups is 1. The summed E-state index contributed by atoms with van der Waals surface area (Å²) in [5.41, 5.74) is 2.35. The summed E-state index contributed by atoms with van der Waals surface area (Å²) in [6, 6.07) is 5.32. The molecule has 1 heterocycles. The van der Waals surface area contributed by atoms with Crippen LogP contribution in [0.25, 0.3) is 10.9 Å². The summed E-state index contributed by atoms with van der Waals surface area (Å²) in [7, 11) is 0. The molecule has 14 heavy (non-hydrogen) atoms. The fraction of sp³-hybridized carbons (Fsp3) is 0.182. The van der Waals surface area contributed by atoms with Crippen molar-refractivity contribution < 1.29 is 9.90 Å². The van der Waals surface area contributed by atoms with Crippen molar-refractivity contribution in [2.75, 3.05) is 0 Å². The zero-order chi connectivity index (χ0) is 10.1. The maximum absolute atomic E-state index is 10.5. The van der Waals surface area contributed by atoms with Crippen LogP contribution in [-0.2, 0) is 6.42 Å². The molecule has 0 aliphatic carbocycles. The number of phenolic OH excluding ortho intramolecular Hbond substituents is 1. The predicted octanol–water partition coefficient (Wildman–Crippen LogP) is 2.25. The molecule has 0 bridgehead atoms. The number of hydrogen-bond donors (Lipinski definition) is 2. The number of aryl methyl sites for hydroxylation is 1. The number of nitrogens with one attached hydrogen (secondary N) is 1. The van der Waals surface area contributed by atoms with Crippen molar-refractivity contribution in [1.82, 2.24) is 4.98 Å². The standard InChI is InChI=1S/C11H11NO2/c1-2-7-3-10-9(11(14)4-7)5-8(6-13)12-10/h3-6,12,14H,2H2,1H3. The number of aldehydes is 1. The van der Waals surface area contributed by atoms with Crippen molar-refractivity contribution in [3.63, 3.8) is 0 Å². The minimum Gasteiger partial charge on any atom is -0.507 e. The van der Waals surface area contributed by atoms with Gasteiger partial charge in [0.25, 0.3) is 0 Å². The largest absolute Gasteiger partial charge is 0.507 e.